The van der Waals surface area contributed by atoms with Gasteiger partial charge in [0.2, 0.25) is 0 Å². The molecule has 1 N–H and O–H groups in total. The van der Waals surface area contributed by atoms with E-state index in [-0.39, 0.29) is 5.92 Å². The number of fused-ring (bicyclic) bond motifs is 1. The summed E-state index contributed by atoms with van der Waals surface area (Å²) in [5.41, 5.74) is 3.67. The fourth-order valence-corrected chi connectivity index (χ4v) is 3.70. The van der Waals surface area contributed by atoms with Crippen LogP contribution in [0.3, 0.4) is 0 Å². The summed E-state index contributed by atoms with van der Waals surface area (Å²) in [6.45, 7) is 4.24. The van der Waals surface area contributed by atoms with Crippen LogP contribution >= 0.6 is 0 Å². The molecule has 0 spiro atoms. The number of carbonyl (C=O) groups is 1. The van der Waals surface area contributed by atoms with Crippen molar-refractivity contribution in [2.24, 2.45) is 11.8 Å². The van der Waals surface area contributed by atoms with E-state index in [0.717, 1.165) is 43.8 Å². The van der Waals surface area contributed by atoms with Crippen LogP contribution in [0.2, 0.25) is 0 Å². The number of benzene rings is 1. The summed E-state index contributed by atoms with van der Waals surface area (Å²) in [7, 11) is 0. The summed E-state index contributed by atoms with van der Waals surface area (Å²) in [6.07, 6.45) is 7.01. The lowest BCUT2D eigenvalue weighted by Crippen LogP contribution is -2.25. The molecule has 20 heavy (non-hydrogen) atoms. The van der Waals surface area contributed by atoms with E-state index in [1.54, 1.807) is 0 Å². The molecule has 1 fully saturated rings. The molecule has 0 saturated heterocycles. The molecule has 2 heteroatoms. The highest BCUT2D eigenvalue weighted by atomic mass is 16.1. The summed E-state index contributed by atoms with van der Waals surface area (Å²) in [6, 6.07) is 6.36. The fourth-order valence-electron chi connectivity index (χ4n) is 3.70. The first kappa shape index (κ1) is 13.8. The SMILES string of the molecule is CCC1CCC(C(=O)c2ccc3c(c2)CNCC3)CC1. The predicted molar refractivity (Wildman–Crippen MR) is 81.9 cm³/mol. The second-order valence-electron chi connectivity index (χ2n) is 6.40. The second kappa shape index (κ2) is 6.09. The Labute approximate surface area is 122 Å². The van der Waals surface area contributed by atoms with Crippen LogP contribution in [-0.4, -0.2) is 12.3 Å². The maximum Gasteiger partial charge on any atom is 0.165 e. The zero-order valence-corrected chi connectivity index (χ0v) is 12.5. The summed E-state index contributed by atoms with van der Waals surface area (Å²) in [4.78, 5) is 12.7. The monoisotopic (exact) mass is 271 g/mol. The Hall–Kier alpha value is -1.15. The summed E-state index contributed by atoms with van der Waals surface area (Å²) in [5.74, 6) is 1.51. The van der Waals surface area contributed by atoms with Gasteiger partial charge in [0.1, 0.15) is 0 Å². The topological polar surface area (TPSA) is 29.1 Å². The number of carbonyl (C=O) groups excluding carboxylic acids is 1. The van der Waals surface area contributed by atoms with Gasteiger partial charge in [-0.25, -0.2) is 0 Å². The molecular weight excluding hydrogens is 246 g/mol. The van der Waals surface area contributed by atoms with Crippen LogP contribution in [0.4, 0.5) is 0 Å². The van der Waals surface area contributed by atoms with Crippen LogP contribution < -0.4 is 5.32 Å². The molecule has 3 rings (SSSR count). The molecule has 1 saturated carbocycles. The highest BCUT2D eigenvalue weighted by molar-refractivity contribution is 5.98. The van der Waals surface area contributed by atoms with E-state index < -0.39 is 0 Å². The van der Waals surface area contributed by atoms with Crippen LogP contribution in [0, 0.1) is 11.8 Å². The number of nitrogens with one attached hydrogen (secondary N) is 1. The van der Waals surface area contributed by atoms with Crippen LogP contribution in [0.5, 0.6) is 0 Å². The van der Waals surface area contributed by atoms with E-state index in [1.165, 1.54) is 30.4 Å². The van der Waals surface area contributed by atoms with Crippen molar-refractivity contribution in [3.8, 4) is 0 Å². The number of Topliss-reactive ketones (excluding diaryl/α,β-unsaturated/α-hetero) is 1. The summed E-state index contributed by atoms with van der Waals surface area (Å²) >= 11 is 0. The van der Waals surface area contributed by atoms with Crippen molar-refractivity contribution in [1.82, 2.24) is 5.32 Å². The van der Waals surface area contributed by atoms with Crippen LogP contribution in [0.1, 0.15) is 60.5 Å². The molecule has 2 nitrogen and oxygen atoms in total. The first-order chi connectivity index (χ1) is 9.78. The number of hydrogen-bond donors (Lipinski definition) is 1. The Morgan fingerprint density at radius 1 is 1.20 bits per heavy atom. The smallest absolute Gasteiger partial charge is 0.165 e. The fraction of sp³-hybridized carbons (Fsp3) is 0.611. The van der Waals surface area contributed by atoms with Crippen molar-refractivity contribution >= 4 is 5.78 Å². The standard InChI is InChI=1S/C18H25NO/c1-2-13-3-5-15(6-4-13)18(20)16-8-7-14-9-10-19-12-17(14)11-16/h7-8,11,13,15,19H,2-6,9-10,12H2,1H3. The predicted octanol–water partition coefficient (Wildman–Crippen LogP) is 3.73. The lowest BCUT2D eigenvalue weighted by molar-refractivity contribution is 0.0871. The molecule has 0 amide bonds. The van der Waals surface area contributed by atoms with Crippen molar-refractivity contribution in [2.75, 3.05) is 6.54 Å². The van der Waals surface area contributed by atoms with Crippen molar-refractivity contribution in [3.63, 3.8) is 0 Å². The average Bonchev–Trinajstić information content (AvgIpc) is 2.54. The van der Waals surface area contributed by atoms with Gasteiger partial charge in [0.05, 0.1) is 0 Å². The van der Waals surface area contributed by atoms with Gasteiger partial charge in [0.15, 0.2) is 5.78 Å². The lowest BCUT2D eigenvalue weighted by atomic mass is 9.77. The molecule has 2 aliphatic rings. The third-order valence-corrected chi connectivity index (χ3v) is 5.17. The molecule has 0 atom stereocenters. The van der Waals surface area contributed by atoms with E-state index in [0.29, 0.717) is 5.78 Å². The third kappa shape index (κ3) is 2.80. The van der Waals surface area contributed by atoms with Gasteiger partial charge >= 0.3 is 0 Å². The van der Waals surface area contributed by atoms with E-state index in [9.17, 15) is 4.79 Å². The quantitative estimate of drug-likeness (QED) is 0.849. The maximum absolute atomic E-state index is 12.7. The van der Waals surface area contributed by atoms with E-state index >= 15 is 0 Å². The third-order valence-electron chi connectivity index (χ3n) is 5.17. The molecule has 1 aromatic rings. The normalized spacial score (nSPS) is 26.1. The highest BCUT2D eigenvalue weighted by Crippen LogP contribution is 2.33. The van der Waals surface area contributed by atoms with Gasteiger partial charge in [0, 0.05) is 18.0 Å². The summed E-state index contributed by atoms with van der Waals surface area (Å²) in [5, 5.41) is 3.39. The van der Waals surface area contributed by atoms with E-state index in [2.05, 4.69) is 30.4 Å². The zero-order valence-electron chi connectivity index (χ0n) is 12.5. The molecule has 1 heterocycles. The molecule has 108 valence electrons. The Bertz CT molecular complexity index is 486. The van der Waals surface area contributed by atoms with Gasteiger partial charge in [-0.15, -0.1) is 0 Å². The van der Waals surface area contributed by atoms with Crippen LogP contribution in [-0.2, 0) is 13.0 Å². The van der Waals surface area contributed by atoms with Gasteiger partial charge in [-0.1, -0.05) is 25.5 Å². The lowest BCUT2D eigenvalue weighted by Gasteiger charge is -2.27. The van der Waals surface area contributed by atoms with Crippen LogP contribution in [0.15, 0.2) is 18.2 Å². The molecule has 0 radical (unpaired) electrons. The van der Waals surface area contributed by atoms with Crippen molar-refractivity contribution in [1.29, 1.82) is 0 Å². The first-order valence-corrected chi connectivity index (χ1v) is 8.14. The number of ketones is 1. The largest absolute Gasteiger partial charge is 0.312 e. The Morgan fingerprint density at radius 3 is 2.75 bits per heavy atom. The van der Waals surface area contributed by atoms with Crippen molar-refractivity contribution < 1.29 is 4.79 Å². The molecule has 1 aliphatic carbocycles. The minimum absolute atomic E-state index is 0.271. The van der Waals surface area contributed by atoms with Gasteiger partial charge in [0.25, 0.3) is 0 Å². The van der Waals surface area contributed by atoms with Crippen molar-refractivity contribution in [2.45, 2.75) is 52.0 Å². The maximum atomic E-state index is 12.7. The van der Waals surface area contributed by atoms with Gasteiger partial charge in [-0.3, -0.25) is 4.79 Å². The molecule has 0 bridgehead atoms. The number of rotatable bonds is 3. The Morgan fingerprint density at radius 2 is 2.00 bits per heavy atom. The van der Waals surface area contributed by atoms with E-state index in [4.69, 9.17) is 0 Å². The minimum atomic E-state index is 0.271. The van der Waals surface area contributed by atoms with Gasteiger partial charge < -0.3 is 5.32 Å². The average molecular weight is 271 g/mol. The minimum Gasteiger partial charge on any atom is -0.312 e. The van der Waals surface area contributed by atoms with Gasteiger partial charge in [-0.05, 0) is 61.8 Å². The van der Waals surface area contributed by atoms with Crippen LogP contribution in [0.25, 0.3) is 0 Å². The highest BCUT2D eigenvalue weighted by Gasteiger charge is 2.26. The Kier molecular flexibility index (Phi) is 4.21. The molecule has 0 aromatic heterocycles. The van der Waals surface area contributed by atoms with E-state index in [1.807, 2.05) is 0 Å². The zero-order chi connectivity index (χ0) is 13.9. The molecular formula is C18H25NO. The first-order valence-electron chi connectivity index (χ1n) is 8.14. The second-order valence-corrected chi connectivity index (χ2v) is 6.40. The molecule has 1 aromatic carbocycles. The summed E-state index contributed by atoms with van der Waals surface area (Å²) < 4.78 is 0. The van der Waals surface area contributed by atoms with Crippen molar-refractivity contribution in [3.05, 3.63) is 34.9 Å². The number of hydrogen-bond acceptors (Lipinski definition) is 2. The molecule has 1 aliphatic heterocycles. The molecule has 0 unspecified atom stereocenters. The van der Waals surface area contributed by atoms with Gasteiger partial charge in [-0.2, -0.15) is 0 Å². The Balaban J connectivity index is 1.71.